The van der Waals surface area contributed by atoms with E-state index in [4.69, 9.17) is 56.8 Å². The molecular formula is C44H72O13. The number of hydrogen-bond donors (Lipinski definition) is 0. The molecule has 0 saturated carbocycles. The fraction of sp³-hybridized carbons (Fsp3) is 0.705. The van der Waals surface area contributed by atoms with Gasteiger partial charge in [-0.3, -0.25) is 4.79 Å². The minimum Gasteiger partial charge on any atom is -0.491 e. The second kappa shape index (κ2) is 40.1. The van der Waals surface area contributed by atoms with Crippen LogP contribution in [0.3, 0.4) is 0 Å². The average molecular weight is 809 g/mol. The van der Waals surface area contributed by atoms with E-state index in [0.717, 1.165) is 18.5 Å². The quantitative estimate of drug-likeness (QED) is 0.0541. The van der Waals surface area contributed by atoms with Crippen LogP contribution in [0.2, 0.25) is 0 Å². The van der Waals surface area contributed by atoms with Crippen LogP contribution < -0.4 is 9.47 Å². The van der Waals surface area contributed by atoms with Crippen molar-refractivity contribution in [2.45, 2.75) is 58.3 Å². The maximum absolute atomic E-state index is 10.7. The fourth-order valence-corrected chi connectivity index (χ4v) is 5.20. The first-order valence-electron chi connectivity index (χ1n) is 21.0. The van der Waals surface area contributed by atoms with E-state index >= 15 is 0 Å². The van der Waals surface area contributed by atoms with Gasteiger partial charge in [-0.15, -0.1) is 0 Å². The number of aldehydes is 1. The first-order valence-corrected chi connectivity index (χ1v) is 21.0. The minimum absolute atomic E-state index is 0.430. The van der Waals surface area contributed by atoms with Crippen molar-refractivity contribution in [2.24, 2.45) is 0 Å². The second-order valence-electron chi connectivity index (χ2n) is 13.0. The third-order valence-electron chi connectivity index (χ3n) is 8.35. The van der Waals surface area contributed by atoms with E-state index in [0.29, 0.717) is 157 Å². The molecule has 0 aromatic heterocycles. The Kier molecular flexibility index (Phi) is 35.5. The molecule has 0 unspecified atom stereocenters. The van der Waals surface area contributed by atoms with E-state index < -0.39 is 0 Å². The summed E-state index contributed by atoms with van der Waals surface area (Å²) in [7, 11) is 0. The van der Waals surface area contributed by atoms with Gasteiger partial charge in [0.05, 0.1) is 132 Å². The van der Waals surface area contributed by atoms with Crippen LogP contribution >= 0.6 is 0 Å². The summed E-state index contributed by atoms with van der Waals surface area (Å²) in [5.41, 5.74) is 2.00. The molecule has 0 saturated heterocycles. The van der Waals surface area contributed by atoms with Crippen molar-refractivity contribution in [1.82, 2.24) is 0 Å². The van der Waals surface area contributed by atoms with Gasteiger partial charge >= 0.3 is 0 Å². The Morgan fingerprint density at radius 1 is 0.351 bits per heavy atom. The highest BCUT2D eigenvalue weighted by molar-refractivity contribution is 5.74. The van der Waals surface area contributed by atoms with Crippen LogP contribution in [-0.2, 0) is 53.8 Å². The molecule has 0 amide bonds. The second-order valence-corrected chi connectivity index (χ2v) is 13.0. The predicted molar refractivity (Wildman–Crippen MR) is 219 cm³/mol. The van der Waals surface area contributed by atoms with Gasteiger partial charge in [0.1, 0.15) is 31.0 Å². The monoisotopic (exact) mass is 808 g/mol. The van der Waals surface area contributed by atoms with Crippen LogP contribution in [0.15, 0.2) is 48.5 Å². The largest absolute Gasteiger partial charge is 0.491 e. The van der Waals surface area contributed by atoms with E-state index in [1.165, 1.54) is 50.5 Å². The van der Waals surface area contributed by atoms with Crippen LogP contribution in [-0.4, -0.2) is 152 Å². The molecule has 326 valence electrons. The summed E-state index contributed by atoms with van der Waals surface area (Å²) >= 11 is 0. The van der Waals surface area contributed by atoms with Crippen LogP contribution in [0.4, 0.5) is 0 Å². The molecule has 13 nitrogen and oxygen atoms in total. The molecule has 0 aliphatic rings. The van der Waals surface area contributed by atoms with E-state index in [1.807, 2.05) is 0 Å². The van der Waals surface area contributed by atoms with Crippen molar-refractivity contribution in [3.63, 3.8) is 0 Å². The van der Waals surface area contributed by atoms with Crippen molar-refractivity contribution in [2.75, 3.05) is 145 Å². The van der Waals surface area contributed by atoms with Crippen molar-refractivity contribution in [3.05, 3.63) is 59.7 Å². The molecule has 0 bridgehead atoms. The molecule has 2 aromatic carbocycles. The lowest BCUT2D eigenvalue weighted by Crippen LogP contribution is -2.15. The molecular weight excluding hydrogens is 736 g/mol. The topological polar surface area (TPSA) is 128 Å². The molecule has 0 N–H and O–H groups in total. The number of carbonyl (C=O) groups excluding carboxylic acids is 1. The van der Waals surface area contributed by atoms with Gasteiger partial charge in [-0.1, -0.05) is 57.6 Å². The number of ether oxygens (including phenoxy) is 12. The third kappa shape index (κ3) is 32.9. The van der Waals surface area contributed by atoms with E-state index in [2.05, 4.69) is 31.2 Å². The number of carbonyl (C=O) groups is 1. The van der Waals surface area contributed by atoms with E-state index in [1.54, 1.807) is 24.3 Å². The van der Waals surface area contributed by atoms with E-state index in [9.17, 15) is 4.79 Å². The van der Waals surface area contributed by atoms with Gasteiger partial charge in [-0.2, -0.15) is 0 Å². The maximum atomic E-state index is 10.7. The molecule has 57 heavy (non-hydrogen) atoms. The Hall–Kier alpha value is -2.69. The predicted octanol–water partition coefficient (Wildman–Crippen LogP) is 6.42. The Labute approximate surface area is 342 Å². The molecule has 0 aliphatic heterocycles. The lowest BCUT2D eigenvalue weighted by Gasteiger charge is -2.09. The highest BCUT2D eigenvalue weighted by atomic mass is 16.6. The molecule has 0 spiro atoms. The molecule has 0 heterocycles. The highest BCUT2D eigenvalue weighted by Crippen LogP contribution is 2.15. The lowest BCUT2D eigenvalue weighted by atomic mass is 10.0. The third-order valence-corrected chi connectivity index (χ3v) is 8.35. The number of aryl methyl sites for hydroxylation is 1. The standard InChI is InChI=1S/C44H72O13/c1-2-3-4-5-6-7-8-9-41-10-14-43(15-11-41)56-38-36-54-34-32-52-30-28-50-26-24-48-22-20-46-18-19-47-21-23-49-25-27-51-29-31-53-33-35-55-37-39-57-44-16-12-42(40-45)13-17-44/h10-17,40H,2-9,18-39H2,1H3. The van der Waals surface area contributed by atoms with Gasteiger partial charge in [0, 0.05) is 5.56 Å². The number of unbranched alkanes of at least 4 members (excludes halogenated alkanes) is 6. The summed E-state index contributed by atoms with van der Waals surface area (Å²) in [6.07, 6.45) is 11.3. The number of hydrogen-bond acceptors (Lipinski definition) is 13. The van der Waals surface area contributed by atoms with Gasteiger partial charge in [-0.05, 0) is 54.8 Å². The van der Waals surface area contributed by atoms with Gasteiger partial charge in [0.2, 0.25) is 0 Å². The fourth-order valence-electron chi connectivity index (χ4n) is 5.20. The van der Waals surface area contributed by atoms with Crippen molar-refractivity contribution in [3.8, 4) is 11.5 Å². The number of rotatable bonds is 44. The summed E-state index contributed by atoms with van der Waals surface area (Å²) in [4.78, 5) is 10.7. The molecule has 2 aromatic rings. The summed E-state index contributed by atoms with van der Waals surface area (Å²) in [6.45, 7) is 13.2. The van der Waals surface area contributed by atoms with Gasteiger partial charge < -0.3 is 56.8 Å². The molecule has 0 radical (unpaired) electrons. The summed E-state index contributed by atoms with van der Waals surface area (Å²) in [5.74, 6) is 1.59. The smallest absolute Gasteiger partial charge is 0.150 e. The molecule has 0 atom stereocenters. The van der Waals surface area contributed by atoms with Crippen LogP contribution in [0, 0.1) is 0 Å². The Bertz CT molecular complexity index is 1120. The van der Waals surface area contributed by atoms with Crippen LogP contribution in [0.25, 0.3) is 0 Å². The summed E-state index contributed by atoms with van der Waals surface area (Å²) < 4.78 is 66.5. The van der Waals surface area contributed by atoms with Crippen molar-refractivity contribution in [1.29, 1.82) is 0 Å². The zero-order valence-corrected chi connectivity index (χ0v) is 34.7. The van der Waals surface area contributed by atoms with Crippen LogP contribution in [0.1, 0.15) is 67.8 Å². The molecule has 0 fully saturated rings. The first kappa shape index (κ1) is 50.5. The molecule has 13 heteroatoms. The van der Waals surface area contributed by atoms with Gasteiger partial charge in [0.15, 0.2) is 0 Å². The zero-order valence-electron chi connectivity index (χ0n) is 34.7. The Balaban J connectivity index is 1.17. The Morgan fingerprint density at radius 2 is 0.632 bits per heavy atom. The maximum Gasteiger partial charge on any atom is 0.150 e. The highest BCUT2D eigenvalue weighted by Gasteiger charge is 2.00. The van der Waals surface area contributed by atoms with Crippen LogP contribution in [0.5, 0.6) is 11.5 Å². The van der Waals surface area contributed by atoms with Gasteiger partial charge in [0.25, 0.3) is 0 Å². The van der Waals surface area contributed by atoms with E-state index in [-0.39, 0.29) is 0 Å². The van der Waals surface area contributed by atoms with Crippen molar-refractivity contribution < 1.29 is 61.6 Å². The molecule has 0 aliphatic carbocycles. The summed E-state index contributed by atoms with van der Waals surface area (Å²) in [5, 5.41) is 0. The Morgan fingerprint density at radius 3 is 0.947 bits per heavy atom. The normalized spacial score (nSPS) is 11.3. The van der Waals surface area contributed by atoms with Crippen molar-refractivity contribution >= 4 is 6.29 Å². The zero-order chi connectivity index (χ0) is 40.4. The van der Waals surface area contributed by atoms with Gasteiger partial charge in [-0.25, -0.2) is 0 Å². The summed E-state index contributed by atoms with van der Waals surface area (Å²) in [6, 6.07) is 15.4. The SMILES string of the molecule is CCCCCCCCCc1ccc(OCCOCCOCCOCCOCCOCCOCCOCCOCCOCCOCCOc2ccc(C=O)cc2)cc1. The lowest BCUT2D eigenvalue weighted by molar-refractivity contribution is -0.0269. The molecule has 2 rings (SSSR count). The first-order chi connectivity index (χ1) is 28.3. The number of benzene rings is 2. The average Bonchev–Trinajstić information content (AvgIpc) is 3.24. The minimum atomic E-state index is 0.430.